The number of hydrogen-bond acceptors (Lipinski definition) is 4. The number of amides is 1. The van der Waals surface area contributed by atoms with E-state index in [-0.39, 0.29) is 11.8 Å². The molecule has 0 spiro atoms. The Morgan fingerprint density at radius 1 is 1.37 bits per heavy atom. The van der Waals surface area contributed by atoms with Crippen molar-refractivity contribution in [1.82, 2.24) is 14.5 Å². The fraction of sp³-hybridized carbons (Fsp3) is 0.333. The lowest BCUT2D eigenvalue weighted by Crippen LogP contribution is -2.22. The number of hydrogen-bond donors (Lipinski definition) is 1. The Balaban J connectivity index is 1.59. The lowest BCUT2D eigenvalue weighted by Gasteiger charge is -2.29. The Kier molecular flexibility index (Phi) is 4.59. The van der Waals surface area contributed by atoms with Crippen LogP contribution in [0.2, 0.25) is 0 Å². The van der Waals surface area contributed by atoms with Crippen LogP contribution in [0.3, 0.4) is 0 Å². The highest BCUT2D eigenvalue weighted by atomic mass is 16.1. The molecule has 1 N–H and O–H groups in total. The van der Waals surface area contributed by atoms with Gasteiger partial charge in [0.15, 0.2) is 0 Å². The van der Waals surface area contributed by atoms with Crippen molar-refractivity contribution in [3.63, 3.8) is 0 Å². The van der Waals surface area contributed by atoms with E-state index >= 15 is 0 Å². The van der Waals surface area contributed by atoms with Crippen LogP contribution < -0.4 is 5.32 Å². The summed E-state index contributed by atoms with van der Waals surface area (Å²) < 4.78 is 2.09. The topological polar surface area (TPSA) is 83.6 Å². The molecule has 4 rings (SSSR count). The molecule has 6 heteroatoms. The molecule has 0 bridgehead atoms. The van der Waals surface area contributed by atoms with Crippen LogP contribution in [0.1, 0.15) is 55.8 Å². The summed E-state index contributed by atoms with van der Waals surface area (Å²) in [5, 5.41) is 12.2. The van der Waals surface area contributed by atoms with Gasteiger partial charge in [-0.3, -0.25) is 15.1 Å². The summed E-state index contributed by atoms with van der Waals surface area (Å²) in [4.78, 5) is 21.6. The van der Waals surface area contributed by atoms with Gasteiger partial charge in [-0.2, -0.15) is 5.26 Å². The number of fused-ring (bicyclic) bond motifs is 1. The van der Waals surface area contributed by atoms with Gasteiger partial charge in [-0.15, -0.1) is 0 Å². The smallest absolute Gasteiger partial charge is 0.227 e. The number of benzene rings is 1. The molecule has 1 amide bonds. The van der Waals surface area contributed by atoms with Gasteiger partial charge in [0.05, 0.1) is 22.7 Å². The summed E-state index contributed by atoms with van der Waals surface area (Å²) >= 11 is 0. The Labute approximate surface area is 157 Å². The molecule has 0 radical (unpaired) electrons. The first-order chi connectivity index (χ1) is 13.2. The zero-order chi connectivity index (χ0) is 18.8. The lowest BCUT2D eigenvalue weighted by molar-refractivity contribution is -0.116. The van der Waals surface area contributed by atoms with Crippen molar-refractivity contribution in [2.24, 2.45) is 0 Å². The van der Waals surface area contributed by atoms with Gasteiger partial charge in [-0.25, -0.2) is 4.98 Å². The third-order valence-corrected chi connectivity index (χ3v) is 5.19. The molecule has 1 fully saturated rings. The van der Waals surface area contributed by atoms with Gasteiger partial charge < -0.3 is 4.57 Å². The molecule has 1 aliphatic carbocycles. The van der Waals surface area contributed by atoms with E-state index < -0.39 is 0 Å². The van der Waals surface area contributed by atoms with Crippen molar-refractivity contribution in [2.45, 2.75) is 44.6 Å². The van der Waals surface area contributed by atoms with Gasteiger partial charge in [0, 0.05) is 30.3 Å². The molecule has 1 atom stereocenters. The number of anilines is 1. The Morgan fingerprint density at radius 3 is 2.89 bits per heavy atom. The highest BCUT2D eigenvalue weighted by molar-refractivity contribution is 5.92. The van der Waals surface area contributed by atoms with E-state index in [4.69, 9.17) is 0 Å². The minimum absolute atomic E-state index is 0.0259. The SMILES string of the molecule is CC(CC(=O)Nc1nc2ccc(C#N)cc2n1C1CCC1)c1ccccn1. The number of carbonyl (C=O) groups excluding carboxylic acids is 1. The predicted molar refractivity (Wildman–Crippen MR) is 103 cm³/mol. The summed E-state index contributed by atoms with van der Waals surface area (Å²) in [6.45, 7) is 2.00. The molecule has 1 aromatic carbocycles. The highest BCUT2D eigenvalue weighted by Gasteiger charge is 2.26. The molecular weight excluding hydrogens is 338 g/mol. The molecule has 1 aliphatic rings. The second kappa shape index (κ2) is 7.20. The number of imidazole rings is 1. The maximum Gasteiger partial charge on any atom is 0.227 e. The van der Waals surface area contributed by atoms with E-state index in [1.807, 2.05) is 37.3 Å². The van der Waals surface area contributed by atoms with Crippen LogP contribution in [0.4, 0.5) is 5.95 Å². The van der Waals surface area contributed by atoms with Crippen LogP contribution >= 0.6 is 0 Å². The quantitative estimate of drug-likeness (QED) is 0.741. The van der Waals surface area contributed by atoms with Crippen molar-refractivity contribution in [2.75, 3.05) is 5.32 Å². The van der Waals surface area contributed by atoms with Gasteiger partial charge >= 0.3 is 0 Å². The number of pyridine rings is 1. The number of rotatable bonds is 5. The van der Waals surface area contributed by atoms with E-state index in [1.54, 1.807) is 12.3 Å². The van der Waals surface area contributed by atoms with Gasteiger partial charge in [-0.05, 0) is 49.6 Å². The van der Waals surface area contributed by atoms with E-state index in [2.05, 4.69) is 25.9 Å². The third kappa shape index (κ3) is 3.41. The van der Waals surface area contributed by atoms with E-state index in [0.29, 0.717) is 24.0 Å². The molecule has 6 nitrogen and oxygen atoms in total. The fourth-order valence-corrected chi connectivity index (χ4v) is 3.49. The minimum atomic E-state index is -0.0791. The van der Waals surface area contributed by atoms with Crippen LogP contribution in [0.5, 0.6) is 0 Å². The average molecular weight is 359 g/mol. The number of nitrogens with one attached hydrogen (secondary N) is 1. The second-order valence-electron chi connectivity index (χ2n) is 7.11. The second-order valence-corrected chi connectivity index (χ2v) is 7.11. The first-order valence-corrected chi connectivity index (χ1v) is 9.28. The highest BCUT2D eigenvalue weighted by Crippen LogP contribution is 2.37. The number of nitriles is 1. The van der Waals surface area contributed by atoms with Crippen molar-refractivity contribution in [3.8, 4) is 6.07 Å². The normalized spacial score (nSPS) is 15.1. The summed E-state index contributed by atoms with van der Waals surface area (Å²) in [7, 11) is 0. The van der Waals surface area contributed by atoms with Gasteiger partial charge in [-0.1, -0.05) is 13.0 Å². The molecule has 3 aromatic rings. The van der Waals surface area contributed by atoms with Crippen LogP contribution in [-0.2, 0) is 4.79 Å². The standard InChI is InChI=1S/C21H21N5O/c1-14(17-7-2-3-10-23-17)11-20(27)25-21-24-18-9-8-15(13-22)12-19(18)26(21)16-5-4-6-16/h2-3,7-10,12,14,16H,4-6,11H2,1H3,(H,24,25,27). The van der Waals surface area contributed by atoms with Crippen molar-refractivity contribution in [3.05, 3.63) is 53.9 Å². The lowest BCUT2D eigenvalue weighted by atomic mass is 9.92. The third-order valence-electron chi connectivity index (χ3n) is 5.19. The fourth-order valence-electron chi connectivity index (χ4n) is 3.49. The monoisotopic (exact) mass is 359 g/mol. The Morgan fingerprint density at radius 2 is 2.22 bits per heavy atom. The zero-order valence-electron chi connectivity index (χ0n) is 15.2. The van der Waals surface area contributed by atoms with Gasteiger partial charge in [0.25, 0.3) is 0 Å². The molecule has 2 heterocycles. The van der Waals surface area contributed by atoms with Crippen molar-refractivity contribution in [1.29, 1.82) is 5.26 Å². The molecule has 0 aliphatic heterocycles. The molecule has 136 valence electrons. The number of carbonyl (C=O) groups is 1. The van der Waals surface area contributed by atoms with Crippen LogP contribution in [0.15, 0.2) is 42.6 Å². The molecular formula is C21H21N5O. The summed E-state index contributed by atoms with van der Waals surface area (Å²) in [6.07, 6.45) is 5.39. The Bertz CT molecular complexity index is 1010. The summed E-state index contributed by atoms with van der Waals surface area (Å²) in [5.74, 6) is 0.519. The van der Waals surface area contributed by atoms with E-state index in [1.165, 1.54) is 6.42 Å². The van der Waals surface area contributed by atoms with Crippen LogP contribution in [0.25, 0.3) is 11.0 Å². The number of aromatic nitrogens is 3. The van der Waals surface area contributed by atoms with Crippen LogP contribution in [-0.4, -0.2) is 20.4 Å². The first-order valence-electron chi connectivity index (χ1n) is 9.28. The zero-order valence-corrected chi connectivity index (χ0v) is 15.2. The largest absolute Gasteiger partial charge is 0.307 e. The number of nitrogens with zero attached hydrogens (tertiary/aromatic N) is 4. The van der Waals surface area contributed by atoms with Gasteiger partial charge in [0.1, 0.15) is 0 Å². The maximum atomic E-state index is 12.6. The Hall–Kier alpha value is -3.20. The molecule has 1 saturated carbocycles. The average Bonchev–Trinajstić information content (AvgIpc) is 2.98. The van der Waals surface area contributed by atoms with Gasteiger partial charge in [0.2, 0.25) is 11.9 Å². The van der Waals surface area contributed by atoms with Crippen molar-refractivity contribution < 1.29 is 4.79 Å². The van der Waals surface area contributed by atoms with Crippen LogP contribution in [0, 0.1) is 11.3 Å². The van der Waals surface area contributed by atoms with E-state index in [9.17, 15) is 10.1 Å². The first kappa shape index (κ1) is 17.2. The maximum absolute atomic E-state index is 12.6. The molecule has 0 saturated heterocycles. The molecule has 27 heavy (non-hydrogen) atoms. The predicted octanol–water partition coefficient (Wildman–Crippen LogP) is 4.16. The van der Waals surface area contributed by atoms with E-state index in [0.717, 1.165) is 29.6 Å². The molecule has 2 aromatic heterocycles. The minimum Gasteiger partial charge on any atom is -0.307 e. The summed E-state index contributed by atoms with van der Waals surface area (Å²) in [6, 6.07) is 13.7. The summed E-state index contributed by atoms with van der Waals surface area (Å²) in [5.41, 5.74) is 3.21. The van der Waals surface area contributed by atoms with Crippen molar-refractivity contribution >= 4 is 22.9 Å². The molecule has 1 unspecified atom stereocenters.